The normalized spacial score (nSPS) is 10.4. The van der Waals surface area contributed by atoms with E-state index < -0.39 is 0 Å². The maximum absolute atomic E-state index is 12.7. The first-order valence-electron chi connectivity index (χ1n) is 4.93. The number of nitrogens with zero attached hydrogens (tertiary/aromatic N) is 2. The predicted octanol–water partition coefficient (Wildman–Crippen LogP) is 3.04. The first-order valence-corrected chi connectivity index (χ1v) is 6.80. The van der Waals surface area contributed by atoms with E-state index >= 15 is 0 Å². The lowest BCUT2D eigenvalue weighted by molar-refractivity contribution is 0.0989. The molecule has 0 aliphatic rings. The van der Waals surface area contributed by atoms with E-state index in [4.69, 9.17) is 0 Å². The smallest absolute Gasteiger partial charge is 0.174 e. The molecule has 0 fully saturated rings. The molecule has 2 aromatic rings. The number of halogens is 1. The largest absolute Gasteiger partial charge is 0.294 e. The molecule has 0 radical (unpaired) electrons. The number of rotatable bonds is 5. The van der Waals surface area contributed by atoms with Crippen molar-refractivity contribution >= 4 is 28.9 Å². The molecular weight excluding hydrogens is 259 g/mol. The number of thioether (sulfide) groups is 1. The molecule has 17 heavy (non-hydrogen) atoms. The molecule has 6 heteroatoms. The highest BCUT2D eigenvalue weighted by molar-refractivity contribution is 8.01. The van der Waals surface area contributed by atoms with Crippen LogP contribution in [0.25, 0.3) is 0 Å². The second-order valence-electron chi connectivity index (χ2n) is 3.23. The number of hydrogen-bond acceptors (Lipinski definition) is 5. The third-order valence-corrected chi connectivity index (χ3v) is 3.92. The lowest BCUT2D eigenvalue weighted by Crippen LogP contribution is -2.00. The molecule has 2 rings (SSSR count). The van der Waals surface area contributed by atoms with Gasteiger partial charge in [-0.25, -0.2) is 4.39 Å². The van der Waals surface area contributed by atoms with Gasteiger partial charge in [0.15, 0.2) is 10.1 Å². The quantitative estimate of drug-likeness (QED) is 0.617. The van der Waals surface area contributed by atoms with Crippen LogP contribution in [0.15, 0.2) is 34.1 Å². The van der Waals surface area contributed by atoms with Crippen molar-refractivity contribution in [2.45, 2.75) is 10.8 Å². The Hall–Kier alpha value is -1.27. The molecule has 0 saturated heterocycles. The number of Topliss-reactive ketones (excluding diaryl/α,β-unsaturated/α-hetero) is 1. The van der Waals surface area contributed by atoms with Crippen molar-refractivity contribution in [2.24, 2.45) is 0 Å². The first kappa shape index (κ1) is 12.2. The summed E-state index contributed by atoms with van der Waals surface area (Å²) in [5.41, 5.74) is 2.20. The zero-order valence-corrected chi connectivity index (χ0v) is 10.4. The standard InChI is InChI=1S/C11H9FN2OS2/c12-9-3-1-8(2-4-9)10(15)5-6-16-11-14-13-7-17-11/h1-4,7H,5-6H2. The van der Waals surface area contributed by atoms with Gasteiger partial charge in [0.05, 0.1) is 0 Å². The Labute approximate surface area is 106 Å². The van der Waals surface area contributed by atoms with Gasteiger partial charge in [-0.3, -0.25) is 4.79 Å². The Bertz CT molecular complexity index is 485. The SMILES string of the molecule is O=C(CCSc1nncs1)c1ccc(F)cc1. The van der Waals surface area contributed by atoms with Crippen molar-refractivity contribution < 1.29 is 9.18 Å². The van der Waals surface area contributed by atoms with Gasteiger partial charge in [0.2, 0.25) is 0 Å². The summed E-state index contributed by atoms with van der Waals surface area (Å²) in [5.74, 6) is 0.345. The molecule has 0 N–H and O–H groups in total. The zero-order chi connectivity index (χ0) is 12.1. The van der Waals surface area contributed by atoms with Gasteiger partial charge < -0.3 is 0 Å². The summed E-state index contributed by atoms with van der Waals surface area (Å²) in [7, 11) is 0. The fraction of sp³-hybridized carbons (Fsp3) is 0.182. The maximum Gasteiger partial charge on any atom is 0.174 e. The van der Waals surface area contributed by atoms with Gasteiger partial charge in [-0.1, -0.05) is 23.1 Å². The summed E-state index contributed by atoms with van der Waals surface area (Å²) in [6, 6.07) is 5.61. The lowest BCUT2D eigenvalue weighted by Gasteiger charge is -1.99. The molecular formula is C11H9FN2OS2. The van der Waals surface area contributed by atoms with Crippen LogP contribution < -0.4 is 0 Å². The van der Waals surface area contributed by atoms with Crippen molar-refractivity contribution in [1.29, 1.82) is 0 Å². The number of ketones is 1. The number of carbonyl (C=O) groups excluding carboxylic acids is 1. The van der Waals surface area contributed by atoms with Crippen molar-refractivity contribution in [1.82, 2.24) is 10.2 Å². The van der Waals surface area contributed by atoms with Crippen LogP contribution in [0.4, 0.5) is 4.39 Å². The summed E-state index contributed by atoms with van der Waals surface area (Å²) < 4.78 is 13.5. The van der Waals surface area contributed by atoms with Crippen molar-refractivity contribution in [3.63, 3.8) is 0 Å². The Kier molecular flexibility index (Phi) is 4.22. The molecule has 0 unspecified atom stereocenters. The molecule has 1 aromatic heterocycles. The van der Waals surface area contributed by atoms with Crippen LogP contribution >= 0.6 is 23.1 Å². The van der Waals surface area contributed by atoms with Crippen molar-refractivity contribution in [2.75, 3.05) is 5.75 Å². The van der Waals surface area contributed by atoms with Gasteiger partial charge in [0.25, 0.3) is 0 Å². The van der Waals surface area contributed by atoms with E-state index in [-0.39, 0.29) is 11.6 Å². The zero-order valence-electron chi connectivity index (χ0n) is 8.80. The van der Waals surface area contributed by atoms with E-state index in [1.165, 1.54) is 47.4 Å². The summed E-state index contributed by atoms with van der Waals surface area (Å²) >= 11 is 2.96. The Morgan fingerprint density at radius 1 is 1.35 bits per heavy atom. The molecule has 0 spiro atoms. The molecule has 88 valence electrons. The third-order valence-electron chi connectivity index (χ3n) is 2.06. The molecule has 0 atom stereocenters. The average Bonchev–Trinajstić information content (AvgIpc) is 2.83. The number of aromatic nitrogens is 2. The van der Waals surface area contributed by atoms with E-state index in [2.05, 4.69) is 10.2 Å². The Morgan fingerprint density at radius 3 is 2.76 bits per heavy atom. The molecule has 0 amide bonds. The van der Waals surface area contributed by atoms with Crippen molar-refractivity contribution in [3.05, 3.63) is 41.2 Å². The molecule has 0 aliphatic heterocycles. The monoisotopic (exact) mass is 268 g/mol. The first-order chi connectivity index (χ1) is 8.25. The average molecular weight is 268 g/mol. The van der Waals surface area contributed by atoms with E-state index in [1.54, 1.807) is 5.51 Å². The van der Waals surface area contributed by atoms with Gasteiger partial charge in [-0.15, -0.1) is 10.2 Å². The van der Waals surface area contributed by atoms with E-state index in [0.29, 0.717) is 17.7 Å². The number of carbonyl (C=O) groups is 1. The summed E-state index contributed by atoms with van der Waals surface area (Å²) in [6.07, 6.45) is 0.413. The van der Waals surface area contributed by atoms with Gasteiger partial charge in [-0.05, 0) is 24.3 Å². The third kappa shape index (κ3) is 3.61. The highest BCUT2D eigenvalue weighted by atomic mass is 32.2. The number of hydrogen-bond donors (Lipinski definition) is 0. The fourth-order valence-corrected chi connectivity index (χ4v) is 2.73. The Balaban J connectivity index is 1.83. The topological polar surface area (TPSA) is 42.9 Å². The molecule has 0 bridgehead atoms. The van der Waals surface area contributed by atoms with Gasteiger partial charge >= 0.3 is 0 Å². The van der Waals surface area contributed by atoms with Crippen molar-refractivity contribution in [3.8, 4) is 0 Å². The second-order valence-corrected chi connectivity index (χ2v) is 5.41. The Morgan fingerprint density at radius 2 is 2.12 bits per heavy atom. The maximum atomic E-state index is 12.7. The molecule has 0 aliphatic carbocycles. The molecule has 0 saturated carbocycles. The molecule has 1 heterocycles. The van der Waals surface area contributed by atoms with Crippen LogP contribution in [-0.2, 0) is 0 Å². The minimum absolute atomic E-state index is 0.0158. The van der Waals surface area contributed by atoms with Crippen LogP contribution in [0.1, 0.15) is 16.8 Å². The van der Waals surface area contributed by atoms with E-state index in [9.17, 15) is 9.18 Å². The number of benzene rings is 1. The second kappa shape index (κ2) is 5.88. The summed E-state index contributed by atoms with van der Waals surface area (Å²) in [6.45, 7) is 0. The van der Waals surface area contributed by atoms with Crippen LogP contribution in [0, 0.1) is 5.82 Å². The van der Waals surface area contributed by atoms with E-state index in [0.717, 1.165) is 4.34 Å². The molecule has 3 nitrogen and oxygen atoms in total. The van der Waals surface area contributed by atoms with Crippen LogP contribution in [0.3, 0.4) is 0 Å². The van der Waals surface area contributed by atoms with Gasteiger partial charge in [-0.2, -0.15) is 0 Å². The highest BCUT2D eigenvalue weighted by Crippen LogP contribution is 2.20. The van der Waals surface area contributed by atoms with Gasteiger partial charge in [0, 0.05) is 17.7 Å². The lowest BCUT2D eigenvalue weighted by atomic mass is 10.1. The predicted molar refractivity (Wildman–Crippen MR) is 66.0 cm³/mol. The van der Waals surface area contributed by atoms with Gasteiger partial charge in [0.1, 0.15) is 11.3 Å². The minimum Gasteiger partial charge on any atom is -0.294 e. The molecule has 1 aromatic carbocycles. The summed E-state index contributed by atoms with van der Waals surface area (Å²) in [4.78, 5) is 11.7. The summed E-state index contributed by atoms with van der Waals surface area (Å²) in [5, 5.41) is 7.58. The van der Waals surface area contributed by atoms with Crippen LogP contribution in [0.2, 0.25) is 0 Å². The van der Waals surface area contributed by atoms with E-state index in [1.807, 2.05) is 0 Å². The fourth-order valence-electron chi connectivity index (χ4n) is 1.24. The van der Waals surface area contributed by atoms with Crippen LogP contribution in [-0.4, -0.2) is 21.7 Å². The minimum atomic E-state index is -0.329. The highest BCUT2D eigenvalue weighted by Gasteiger charge is 2.06. The van der Waals surface area contributed by atoms with Crippen LogP contribution in [0.5, 0.6) is 0 Å².